The summed E-state index contributed by atoms with van der Waals surface area (Å²) < 4.78 is 2.28. The molecule has 0 unspecified atom stereocenters. The van der Waals surface area contributed by atoms with Crippen molar-refractivity contribution in [1.82, 2.24) is 4.57 Å². The van der Waals surface area contributed by atoms with Crippen molar-refractivity contribution in [3.05, 3.63) is 46.6 Å². The molecule has 1 heteroatoms. The Labute approximate surface area is 88.6 Å². The van der Waals surface area contributed by atoms with Crippen LogP contribution in [0.3, 0.4) is 0 Å². The number of allylic oxidation sites excluding steroid dienone is 2. The van der Waals surface area contributed by atoms with Crippen molar-refractivity contribution >= 4 is 23.4 Å². The van der Waals surface area contributed by atoms with E-state index in [9.17, 15) is 0 Å². The third-order valence-corrected chi connectivity index (χ3v) is 3.09. The van der Waals surface area contributed by atoms with Gasteiger partial charge in [-0.1, -0.05) is 42.5 Å². The maximum Gasteiger partial charge on any atom is 0.0496 e. The lowest BCUT2D eigenvalue weighted by atomic mass is 10.1. The Morgan fingerprint density at radius 3 is 2.73 bits per heavy atom. The van der Waals surface area contributed by atoms with Gasteiger partial charge in [0.1, 0.15) is 0 Å². The minimum absolute atomic E-state index is 0.950. The molecule has 1 aliphatic rings. The number of aromatic nitrogens is 1. The first-order valence-electron chi connectivity index (χ1n) is 5.22. The molecule has 0 N–H and O–H groups in total. The summed E-state index contributed by atoms with van der Waals surface area (Å²) in [5.41, 5.74) is 1.34. The van der Waals surface area contributed by atoms with Crippen molar-refractivity contribution < 1.29 is 0 Å². The highest BCUT2D eigenvalue weighted by molar-refractivity contribution is 5.85. The Balaban J connectivity index is 2.59. The van der Waals surface area contributed by atoms with E-state index in [4.69, 9.17) is 0 Å². The summed E-state index contributed by atoms with van der Waals surface area (Å²) >= 11 is 0. The van der Waals surface area contributed by atoms with Gasteiger partial charge in [-0.25, -0.2) is 0 Å². The van der Waals surface area contributed by atoms with Crippen LogP contribution >= 0.6 is 0 Å². The minimum Gasteiger partial charge on any atom is -0.337 e. The predicted octanol–water partition coefficient (Wildman–Crippen LogP) is 1.79. The molecule has 0 atom stereocenters. The summed E-state index contributed by atoms with van der Waals surface area (Å²) in [5, 5.41) is 5.01. The Hall–Kier alpha value is -1.76. The van der Waals surface area contributed by atoms with Gasteiger partial charge in [-0.05, 0) is 13.0 Å². The molecule has 0 saturated carbocycles. The van der Waals surface area contributed by atoms with Gasteiger partial charge in [-0.15, -0.1) is 0 Å². The predicted molar refractivity (Wildman–Crippen MR) is 64.9 cm³/mol. The molecular formula is C14H13N. The van der Waals surface area contributed by atoms with Crippen molar-refractivity contribution in [1.29, 1.82) is 0 Å². The molecule has 1 aliphatic heterocycles. The first-order chi connectivity index (χ1) is 7.27. The number of benzene rings is 1. The topological polar surface area (TPSA) is 4.93 Å². The molecule has 0 fully saturated rings. The molecule has 1 nitrogen and oxygen atoms in total. The van der Waals surface area contributed by atoms with Crippen molar-refractivity contribution in [3.63, 3.8) is 0 Å². The summed E-state index contributed by atoms with van der Waals surface area (Å²) in [5.74, 6) is 0. The molecule has 15 heavy (non-hydrogen) atoms. The second-order valence-corrected chi connectivity index (χ2v) is 4.08. The first-order valence-corrected chi connectivity index (χ1v) is 5.22. The van der Waals surface area contributed by atoms with Crippen molar-refractivity contribution in [3.8, 4) is 0 Å². The highest BCUT2D eigenvalue weighted by Gasteiger charge is 2.06. The quantitative estimate of drug-likeness (QED) is 0.604. The summed E-state index contributed by atoms with van der Waals surface area (Å²) in [4.78, 5) is 0. The van der Waals surface area contributed by atoms with Crippen molar-refractivity contribution in [2.75, 3.05) is 0 Å². The van der Waals surface area contributed by atoms with Crippen LogP contribution in [-0.4, -0.2) is 4.57 Å². The fourth-order valence-electron chi connectivity index (χ4n) is 2.27. The molecule has 2 heterocycles. The van der Waals surface area contributed by atoms with Crippen LogP contribution in [0.25, 0.3) is 23.4 Å². The van der Waals surface area contributed by atoms with E-state index in [-0.39, 0.29) is 0 Å². The number of hydrogen-bond donors (Lipinski definition) is 0. The standard InChI is InChI=1S/C14H13N/c1-10-7-8-15-11(2)12-5-3-4-6-13(12)14(15)9-10/h3-7,9H,2,8H2,1H3. The van der Waals surface area contributed by atoms with E-state index in [0.29, 0.717) is 0 Å². The highest BCUT2D eigenvalue weighted by atomic mass is 15.0. The van der Waals surface area contributed by atoms with Crippen LogP contribution in [0.1, 0.15) is 6.92 Å². The number of hydrogen-bond acceptors (Lipinski definition) is 0. The Morgan fingerprint density at radius 2 is 1.93 bits per heavy atom. The molecular weight excluding hydrogens is 182 g/mol. The average Bonchev–Trinajstić information content (AvgIpc) is 2.54. The monoisotopic (exact) mass is 195 g/mol. The molecule has 1 aromatic heterocycles. The van der Waals surface area contributed by atoms with Gasteiger partial charge in [0, 0.05) is 28.0 Å². The highest BCUT2D eigenvalue weighted by Crippen LogP contribution is 2.09. The SMILES string of the molecule is C=c1c2ccccc2c2n1CC=C(C)C=2. The third kappa shape index (κ3) is 1.09. The minimum atomic E-state index is 0.950. The summed E-state index contributed by atoms with van der Waals surface area (Å²) in [7, 11) is 0. The molecule has 1 aromatic carbocycles. The Morgan fingerprint density at radius 1 is 1.20 bits per heavy atom. The van der Waals surface area contributed by atoms with Gasteiger partial charge in [0.25, 0.3) is 0 Å². The van der Waals surface area contributed by atoms with E-state index < -0.39 is 0 Å². The first kappa shape index (κ1) is 8.54. The van der Waals surface area contributed by atoms with Crippen molar-refractivity contribution in [2.45, 2.75) is 13.5 Å². The maximum atomic E-state index is 4.16. The van der Waals surface area contributed by atoms with Gasteiger partial charge < -0.3 is 4.57 Å². The number of fused-ring (bicyclic) bond motifs is 3. The smallest absolute Gasteiger partial charge is 0.0496 e. The van der Waals surface area contributed by atoms with Crippen LogP contribution in [0.15, 0.2) is 35.9 Å². The molecule has 0 radical (unpaired) electrons. The molecule has 0 bridgehead atoms. The van der Waals surface area contributed by atoms with Gasteiger partial charge in [0.15, 0.2) is 0 Å². The van der Waals surface area contributed by atoms with Crippen LogP contribution in [0.2, 0.25) is 0 Å². The number of nitrogens with zero attached hydrogens (tertiary/aromatic N) is 1. The van der Waals surface area contributed by atoms with E-state index in [1.165, 1.54) is 21.7 Å². The average molecular weight is 195 g/mol. The Kier molecular flexibility index (Phi) is 1.63. The zero-order valence-electron chi connectivity index (χ0n) is 8.83. The lowest BCUT2D eigenvalue weighted by Gasteiger charge is -2.06. The fraction of sp³-hybridized carbons (Fsp3) is 0.143. The van der Waals surface area contributed by atoms with E-state index >= 15 is 0 Å². The van der Waals surface area contributed by atoms with Crippen LogP contribution < -0.4 is 10.7 Å². The molecule has 0 saturated heterocycles. The van der Waals surface area contributed by atoms with E-state index in [0.717, 1.165) is 11.9 Å². The third-order valence-electron chi connectivity index (χ3n) is 3.09. The molecule has 2 aromatic rings. The van der Waals surface area contributed by atoms with Gasteiger partial charge in [0.05, 0.1) is 0 Å². The van der Waals surface area contributed by atoms with Gasteiger partial charge >= 0.3 is 0 Å². The van der Waals surface area contributed by atoms with E-state index in [1.54, 1.807) is 0 Å². The van der Waals surface area contributed by atoms with Crippen LogP contribution in [0, 0.1) is 0 Å². The summed E-state index contributed by atoms with van der Waals surface area (Å²) in [6, 6.07) is 8.48. The van der Waals surface area contributed by atoms with Gasteiger partial charge in [-0.3, -0.25) is 0 Å². The lowest BCUT2D eigenvalue weighted by Crippen LogP contribution is -2.27. The second-order valence-electron chi connectivity index (χ2n) is 4.08. The lowest BCUT2D eigenvalue weighted by molar-refractivity contribution is 0.772. The van der Waals surface area contributed by atoms with Crippen LogP contribution in [-0.2, 0) is 6.54 Å². The largest absolute Gasteiger partial charge is 0.337 e. The molecule has 3 rings (SSSR count). The van der Waals surface area contributed by atoms with Gasteiger partial charge in [0.2, 0.25) is 0 Å². The Bertz CT molecular complexity index is 671. The number of rotatable bonds is 0. The second kappa shape index (κ2) is 2.86. The van der Waals surface area contributed by atoms with E-state index in [2.05, 4.69) is 54.5 Å². The molecule has 74 valence electrons. The summed E-state index contributed by atoms with van der Waals surface area (Å²) in [6.07, 6.45) is 4.47. The molecule has 0 amide bonds. The zero-order valence-corrected chi connectivity index (χ0v) is 8.83. The van der Waals surface area contributed by atoms with Crippen LogP contribution in [0.4, 0.5) is 0 Å². The van der Waals surface area contributed by atoms with Crippen LogP contribution in [0.5, 0.6) is 0 Å². The summed E-state index contributed by atoms with van der Waals surface area (Å²) in [6.45, 7) is 7.26. The van der Waals surface area contributed by atoms with Crippen molar-refractivity contribution in [2.24, 2.45) is 0 Å². The van der Waals surface area contributed by atoms with Gasteiger partial charge in [-0.2, -0.15) is 0 Å². The van der Waals surface area contributed by atoms with E-state index in [1.807, 2.05) is 0 Å². The fourth-order valence-corrected chi connectivity index (χ4v) is 2.27. The normalized spacial score (nSPS) is 14.6. The zero-order chi connectivity index (χ0) is 10.4. The molecule has 0 spiro atoms. The molecule has 0 aliphatic carbocycles. The maximum absolute atomic E-state index is 4.16.